The highest BCUT2D eigenvalue weighted by atomic mass is 16.5. The first-order chi connectivity index (χ1) is 13.3. The lowest BCUT2D eigenvalue weighted by Gasteiger charge is -2.31. The normalized spacial score (nSPS) is 21.3. The van der Waals surface area contributed by atoms with Crippen molar-refractivity contribution in [3.8, 4) is 5.88 Å². The molecule has 1 aromatic carbocycles. The van der Waals surface area contributed by atoms with Crippen molar-refractivity contribution in [1.82, 2.24) is 14.8 Å². The fraction of sp³-hybridized carbons (Fsp3) is 0.522. The first-order valence-corrected chi connectivity index (χ1v) is 10.4. The van der Waals surface area contributed by atoms with Gasteiger partial charge in [0, 0.05) is 51.5 Å². The van der Waals surface area contributed by atoms with Crippen molar-refractivity contribution >= 4 is 0 Å². The van der Waals surface area contributed by atoms with Gasteiger partial charge in [-0.1, -0.05) is 30.3 Å². The van der Waals surface area contributed by atoms with Crippen LogP contribution in [0.2, 0.25) is 0 Å². The molecule has 0 radical (unpaired) electrons. The molecule has 0 bridgehead atoms. The molecule has 3 aliphatic rings. The molecule has 1 saturated carbocycles. The van der Waals surface area contributed by atoms with Gasteiger partial charge in [-0.15, -0.1) is 0 Å². The zero-order valence-corrected chi connectivity index (χ0v) is 16.0. The van der Waals surface area contributed by atoms with Crippen LogP contribution in [0.4, 0.5) is 0 Å². The van der Waals surface area contributed by atoms with Crippen LogP contribution in [0.1, 0.15) is 42.4 Å². The van der Waals surface area contributed by atoms with E-state index >= 15 is 0 Å². The Bertz CT molecular complexity index is 738. The summed E-state index contributed by atoms with van der Waals surface area (Å²) in [5.41, 5.74) is 4.17. The van der Waals surface area contributed by atoms with Crippen molar-refractivity contribution in [2.24, 2.45) is 5.92 Å². The molecule has 4 nitrogen and oxygen atoms in total. The van der Waals surface area contributed by atoms with E-state index in [1.165, 1.54) is 49.2 Å². The Hall–Kier alpha value is -1.91. The number of hydrogen-bond acceptors (Lipinski definition) is 4. The largest absolute Gasteiger partial charge is 0.474 e. The van der Waals surface area contributed by atoms with Crippen LogP contribution in [0.15, 0.2) is 42.6 Å². The summed E-state index contributed by atoms with van der Waals surface area (Å²) in [6, 6.07) is 13.0. The van der Waals surface area contributed by atoms with Gasteiger partial charge >= 0.3 is 0 Å². The topological polar surface area (TPSA) is 28.6 Å². The van der Waals surface area contributed by atoms with E-state index in [9.17, 15) is 0 Å². The van der Waals surface area contributed by atoms with Gasteiger partial charge < -0.3 is 9.64 Å². The average Bonchev–Trinajstić information content (AvgIpc) is 3.41. The number of nitrogens with zero attached hydrogens (tertiary/aromatic N) is 3. The molecule has 3 heterocycles. The molecule has 2 fully saturated rings. The van der Waals surface area contributed by atoms with Gasteiger partial charge in [-0.25, -0.2) is 4.98 Å². The summed E-state index contributed by atoms with van der Waals surface area (Å²) in [7, 11) is 0. The van der Waals surface area contributed by atoms with Crippen molar-refractivity contribution in [2.45, 2.75) is 51.4 Å². The summed E-state index contributed by atoms with van der Waals surface area (Å²) in [6.07, 6.45) is 7.45. The van der Waals surface area contributed by atoms with Crippen molar-refractivity contribution in [1.29, 1.82) is 0 Å². The molecule has 1 aliphatic carbocycles. The molecule has 2 aromatic rings. The predicted molar refractivity (Wildman–Crippen MR) is 106 cm³/mol. The van der Waals surface area contributed by atoms with Crippen LogP contribution in [0.5, 0.6) is 5.88 Å². The molecule has 1 aromatic heterocycles. The average molecular weight is 364 g/mol. The monoisotopic (exact) mass is 363 g/mol. The summed E-state index contributed by atoms with van der Waals surface area (Å²) < 4.78 is 6.15. The Kier molecular flexibility index (Phi) is 4.85. The van der Waals surface area contributed by atoms with Gasteiger partial charge in [0.15, 0.2) is 0 Å². The highest BCUT2D eigenvalue weighted by molar-refractivity contribution is 5.30. The van der Waals surface area contributed by atoms with E-state index in [-0.39, 0.29) is 0 Å². The van der Waals surface area contributed by atoms with E-state index in [1.54, 1.807) is 0 Å². The van der Waals surface area contributed by atoms with Crippen molar-refractivity contribution < 1.29 is 4.74 Å². The van der Waals surface area contributed by atoms with Crippen LogP contribution in [0.3, 0.4) is 0 Å². The van der Waals surface area contributed by atoms with Gasteiger partial charge in [0.25, 0.3) is 0 Å². The van der Waals surface area contributed by atoms with Crippen molar-refractivity contribution in [3.63, 3.8) is 0 Å². The summed E-state index contributed by atoms with van der Waals surface area (Å²) in [4.78, 5) is 9.66. The third-order valence-electron chi connectivity index (χ3n) is 6.15. The molecule has 4 heteroatoms. The third kappa shape index (κ3) is 4.33. The minimum absolute atomic E-state index is 0.326. The summed E-state index contributed by atoms with van der Waals surface area (Å²) in [6.45, 7) is 6.67. The summed E-state index contributed by atoms with van der Waals surface area (Å²) in [5, 5.41) is 0. The number of hydrogen-bond donors (Lipinski definition) is 0. The van der Waals surface area contributed by atoms with Gasteiger partial charge in [-0.2, -0.15) is 0 Å². The highest BCUT2D eigenvalue weighted by Crippen LogP contribution is 2.31. The molecule has 0 amide bonds. The predicted octanol–water partition coefficient (Wildman–Crippen LogP) is 3.85. The van der Waals surface area contributed by atoms with Gasteiger partial charge in [0.1, 0.15) is 6.10 Å². The Morgan fingerprint density at radius 1 is 0.889 bits per heavy atom. The van der Waals surface area contributed by atoms with Gasteiger partial charge in [0.2, 0.25) is 5.88 Å². The maximum atomic E-state index is 6.15. The molecular weight excluding hydrogens is 334 g/mol. The molecular formula is C23H29N3O. The van der Waals surface area contributed by atoms with Crippen LogP contribution in [-0.4, -0.2) is 40.5 Å². The quantitative estimate of drug-likeness (QED) is 0.779. The second kappa shape index (κ2) is 7.61. The maximum absolute atomic E-state index is 6.15. The van der Waals surface area contributed by atoms with Crippen LogP contribution in [-0.2, 0) is 19.6 Å². The molecule has 27 heavy (non-hydrogen) atoms. The van der Waals surface area contributed by atoms with E-state index in [0.29, 0.717) is 6.10 Å². The Labute approximate surface area is 162 Å². The van der Waals surface area contributed by atoms with Crippen LogP contribution in [0.25, 0.3) is 0 Å². The molecule has 0 atom stereocenters. The molecule has 5 rings (SSSR count). The number of fused-ring (bicyclic) bond motifs is 1. The van der Waals surface area contributed by atoms with Gasteiger partial charge in [-0.05, 0) is 48.3 Å². The Morgan fingerprint density at radius 2 is 1.63 bits per heavy atom. The number of rotatable bonds is 6. The smallest absolute Gasteiger partial charge is 0.213 e. The minimum Gasteiger partial charge on any atom is -0.474 e. The summed E-state index contributed by atoms with van der Waals surface area (Å²) >= 11 is 0. The van der Waals surface area contributed by atoms with E-state index < -0.39 is 0 Å². The standard InChI is InChI=1S/C23H29N3O/c1-2-4-21-17-26(16-20(21)3-1)15-19-7-8-23(24-13-19)27-22-9-11-25(12-10-22)14-18-5-6-18/h1-4,7-8,13,18,22H,5-6,9-12,14-17H2. The number of pyridine rings is 1. The van der Waals surface area contributed by atoms with Crippen molar-refractivity contribution in [3.05, 3.63) is 59.3 Å². The molecule has 0 unspecified atom stereocenters. The Balaban J connectivity index is 1.10. The van der Waals surface area contributed by atoms with E-state index in [1.807, 2.05) is 6.20 Å². The number of ether oxygens (including phenoxy) is 1. The summed E-state index contributed by atoms with van der Waals surface area (Å²) in [5.74, 6) is 1.77. The van der Waals surface area contributed by atoms with Gasteiger partial charge in [-0.3, -0.25) is 4.90 Å². The number of benzene rings is 1. The zero-order chi connectivity index (χ0) is 18.1. The fourth-order valence-corrected chi connectivity index (χ4v) is 4.39. The highest BCUT2D eigenvalue weighted by Gasteiger charge is 2.27. The molecule has 1 saturated heterocycles. The zero-order valence-electron chi connectivity index (χ0n) is 16.0. The lowest BCUT2D eigenvalue weighted by atomic mass is 10.1. The van der Waals surface area contributed by atoms with Crippen LogP contribution < -0.4 is 4.74 Å². The first kappa shape index (κ1) is 17.2. The van der Waals surface area contributed by atoms with E-state index in [0.717, 1.165) is 44.3 Å². The minimum atomic E-state index is 0.326. The second-order valence-electron chi connectivity index (χ2n) is 8.48. The molecule has 142 valence electrons. The van der Waals surface area contributed by atoms with E-state index in [4.69, 9.17) is 4.74 Å². The fourth-order valence-electron chi connectivity index (χ4n) is 4.39. The maximum Gasteiger partial charge on any atom is 0.213 e. The second-order valence-corrected chi connectivity index (χ2v) is 8.48. The lowest BCUT2D eigenvalue weighted by Crippen LogP contribution is -2.39. The molecule has 0 spiro atoms. The number of piperidine rings is 1. The third-order valence-corrected chi connectivity index (χ3v) is 6.15. The van der Waals surface area contributed by atoms with Gasteiger partial charge in [0.05, 0.1) is 0 Å². The van der Waals surface area contributed by atoms with E-state index in [2.05, 4.69) is 51.2 Å². The number of aromatic nitrogens is 1. The SMILES string of the molecule is c1ccc2c(c1)CN(Cc1ccc(OC3CCN(CC4CC4)CC3)nc1)C2. The van der Waals surface area contributed by atoms with Crippen LogP contribution in [0, 0.1) is 5.92 Å². The Morgan fingerprint density at radius 3 is 2.26 bits per heavy atom. The first-order valence-electron chi connectivity index (χ1n) is 10.4. The molecule has 2 aliphatic heterocycles. The lowest BCUT2D eigenvalue weighted by molar-refractivity contribution is 0.0944. The number of likely N-dealkylation sites (tertiary alicyclic amines) is 1. The molecule has 0 N–H and O–H groups in total. The van der Waals surface area contributed by atoms with Crippen molar-refractivity contribution in [2.75, 3.05) is 19.6 Å². The van der Waals surface area contributed by atoms with Crippen LogP contribution >= 0.6 is 0 Å².